The minimum Gasteiger partial charge on any atom is -0.225 e. The summed E-state index contributed by atoms with van der Waals surface area (Å²) in [5.41, 5.74) is 0.903. The van der Waals surface area contributed by atoms with E-state index in [1.54, 1.807) is 11.3 Å². The summed E-state index contributed by atoms with van der Waals surface area (Å²) in [6.07, 6.45) is 1.51. The maximum atomic E-state index is 4.40. The minimum atomic E-state index is 0.560. The Morgan fingerprint density at radius 3 is 2.76 bits per heavy atom. The summed E-state index contributed by atoms with van der Waals surface area (Å²) in [4.78, 5) is 10.8. The lowest BCUT2D eigenvalue weighted by molar-refractivity contribution is 0.705. The molecule has 0 radical (unpaired) electrons. The molecule has 6 nitrogen and oxygen atoms in total. The fourth-order valence-electron chi connectivity index (χ4n) is 1.95. The summed E-state index contributed by atoms with van der Waals surface area (Å²) in [5.74, 6) is 1.20. The van der Waals surface area contributed by atoms with Gasteiger partial charge in [0.05, 0.1) is 5.39 Å². The number of rotatable bonds is 2. The van der Waals surface area contributed by atoms with Crippen molar-refractivity contribution in [1.82, 2.24) is 30.2 Å². The van der Waals surface area contributed by atoms with E-state index in [0.717, 1.165) is 20.3 Å². The molecule has 0 N–H and O–H groups in total. The average Bonchev–Trinajstić information content (AvgIpc) is 3.16. The highest BCUT2D eigenvalue weighted by atomic mass is 79.9. The SMILES string of the molecule is Brc1ccc(-c2nnn(-c3ncnc4sccc34)n2)cc1. The van der Waals surface area contributed by atoms with Crippen LogP contribution in [0.25, 0.3) is 27.4 Å². The number of thiophene rings is 1. The van der Waals surface area contributed by atoms with Crippen molar-refractivity contribution in [2.45, 2.75) is 0 Å². The fraction of sp³-hybridized carbons (Fsp3) is 0. The first kappa shape index (κ1) is 12.5. The number of hydrogen-bond donors (Lipinski definition) is 0. The molecule has 0 saturated heterocycles. The molecule has 0 aliphatic heterocycles. The third kappa shape index (κ3) is 2.22. The van der Waals surface area contributed by atoms with Gasteiger partial charge in [-0.15, -0.1) is 26.3 Å². The second-order valence-corrected chi connectivity index (χ2v) is 6.06. The fourth-order valence-corrected chi connectivity index (χ4v) is 2.95. The topological polar surface area (TPSA) is 69.4 Å². The van der Waals surface area contributed by atoms with Gasteiger partial charge in [-0.1, -0.05) is 15.9 Å². The van der Waals surface area contributed by atoms with Crippen LogP contribution >= 0.6 is 27.3 Å². The van der Waals surface area contributed by atoms with E-state index in [-0.39, 0.29) is 0 Å². The molecule has 0 unspecified atom stereocenters. The number of hydrogen-bond acceptors (Lipinski definition) is 6. The molecular weight excluding hydrogens is 352 g/mol. The van der Waals surface area contributed by atoms with E-state index in [1.165, 1.54) is 11.1 Å². The van der Waals surface area contributed by atoms with Crippen molar-refractivity contribution >= 4 is 37.5 Å². The van der Waals surface area contributed by atoms with Gasteiger partial charge in [-0.05, 0) is 40.9 Å². The van der Waals surface area contributed by atoms with Crippen molar-refractivity contribution in [2.24, 2.45) is 0 Å². The molecule has 102 valence electrons. The number of benzene rings is 1. The molecule has 21 heavy (non-hydrogen) atoms. The van der Waals surface area contributed by atoms with E-state index >= 15 is 0 Å². The standard InChI is InChI=1S/C13H7BrN6S/c14-9-3-1-8(2-4-9)11-17-19-20(18-11)12-10-5-6-21-13(10)16-7-15-12/h1-7H. The second-order valence-electron chi connectivity index (χ2n) is 4.25. The van der Waals surface area contributed by atoms with Gasteiger partial charge >= 0.3 is 0 Å². The van der Waals surface area contributed by atoms with Crippen molar-refractivity contribution < 1.29 is 0 Å². The third-order valence-corrected chi connectivity index (χ3v) is 4.30. The molecule has 0 amide bonds. The molecule has 0 aliphatic rings. The number of halogens is 1. The van der Waals surface area contributed by atoms with Crippen molar-refractivity contribution in [3.8, 4) is 17.2 Å². The Hall–Kier alpha value is -2.19. The molecule has 4 rings (SSSR count). The molecule has 0 saturated carbocycles. The number of tetrazole rings is 1. The van der Waals surface area contributed by atoms with Gasteiger partial charge in [0.25, 0.3) is 0 Å². The molecule has 0 atom stereocenters. The average molecular weight is 359 g/mol. The number of nitrogens with zero attached hydrogens (tertiary/aromatic N) is 6. The second kappa shape index (κ2) is 4.97. The monoisotopic (exact) mass is 358 g/mol. The third-order valence-electron chi connectivity index (χ3n) is 2.95. The molecule has 0 spiro atoms. The van der Waals surface area contributed by atoms with Gasteiger partial charge < -0.3 is 0 Å². The highest BCUT2D eigenvalue weighted by Gasteiger charge is 2.12. The van der Waals surface area contributed by atoms with Gasteiger partial charge in [-0.25, -0.2) is 9.97 Å². The molecule has 3 heterocycles. The van der Waals surface area contributed by atoms with Gasteiger partial charge in [-0.3, -0.25) is 0 Å². The summed E-state index contributed by atoms with van der Waals surface area (Å²) < 4.78 is 1.01. The summed E-state index contributed by atoms with van der Waals surface area (Å²) in [5, 5.41) is 15.5. The first-order valence-corrected chi connectivity index (χ1v) is 7.73. The van der Waals surface area contributed by atoms with Gasteiger partial charge in [-0.2, -0.15) is 0 Å². The Bertz CT molecular complexity index is 914. The Balaban J connectivity index is 1.81. The lowest BCUT2D eigenvalue weighted by atomic mass is 10.2. The molecular formula is C13H7BrN6S. The molecule has 0 bridgehead atoms. The zero-order valence-corrected chi connectivity index (χ0v) is 12.9. The van der Waals surface area contributed by atoms with E-state index in [0.29, 0.717) is 11.6 Å². The normalized spacial score (nSPS) is 11.1. The van der Waals surface area contributed by atoms with E-state index < -0.39 is 0 Å². The molecule has 3 aromatic heterocycles. The first-order chi connectivity index (χ1) is 10.3. The quantitative estimate of drug-likeness (QED) is 0.550. The zero-order chi connectivity index (χ0) is 14.2. The molecule has 0 aliphatic carbocycles. The molecule has 0 fully saturated rings. The van der Waals surface area contributed by atoms with Gasteiger partial charge in [0.2, 0.25) is 5.82 Å². The van der Waals surface area contributed by atoms with Crippen LogP contribution in [0.1, 0.15) is 0 Å². The first-order valence-electron chi connectivity index (χ1n) is 6.06. The smallest absolute Gasteiger partial charge is 0.205 e. The van der Waals surface area contributed by atoms with Crippen LogP contribution in [-0.4, -0.2) is 30.2 Å². The van der Waals surface area contributed by atoms with Crippen molar-refractivity contribution in [3.63, 3.8) is 0 Å². The van der Waals surface area contributed by atoms with Gasteiger partial charge in [0.15, 0.2) is 5.82 Å². The van der Waals surface area contributed by atoms with Crippen molar-refractivity contribution in [3.05, 3.63) is 46.5 Å². The Labute approximate surface area is 131 Å². The maximum absolute atomic E-state index is 4.40. The Kier molecular flexibility index (Phi) is 2.97. The minimum absolute atomic E-state index is 0.560. The van der Waals surface area contributed by atoms with Gasteiger partial charge in [0.1, 0.15) is 11.2 Å². The van der Waals surface area contributed by atoms with Crippen molar-refractivity contribution in [1.29, 1.82) is 0 Å². The predicted molar refractivity (Wildman–Crippen MR) is 83.3 cm³/mol. The van der Waals surface area contributed by atoms with Crippen molar-refractivity contribution in [2.75, 3.05) is 0 Å². The van der Waals surface area contributed by atoms with Crippen LogP contribution in [0.15, 0.2) is 46.5 Å². The van der Waals surface area contributed by atoms with Crippen LogP contribution in [0, 0.1) is 0 Å². The van der Waals surface area contributed by atoms with Crippen LogP contribution in [0.4, 0.5) is 0 Å². The molecule has 8 heteroatoms. The zero-order valence-electron chi connectivity index (χ0n) is 10.5. The lowest BCUT2D eigenvalue weighted by Gasteiger charge is -1.98. The van der Waals surface area contributed by atoms with E-state index in [1.807, 2.05) is 35.7 Å². The van der Waals surface area contributed by atoms with Crippen LogP contribution in [-0.2, 0) is 0 Å². The number of fused-ring (bicyclic) bond motifs is 1. The predicted octanol–water partition coefficient (Wildman–Crippen LogP) is 3.10. The largest absolute Gasteiger partial charge is 0.225 e. The van der Waals surface area contributed by atoms with Crippen LogP contribution < -0.4 is 0 Å². The highest BCUT2D eigenvalue weighted by Crippen LogP contribution is 2.23. The Morgan fingerprint density at radius 2 is 1.90 bits per heavy atom. The molecule has 1 aromatic carbocycles. The van der Waals surface area contributed by atoms with Gasteiger partial charge in [0, 0.05) is 10.0 Å². The van der Waals surface area contributed by atoms with Crippen LogP contribution in [0.5, 0.6) is 0 Å². The highest BCUT2D eigenvalue weighted by molar-refractivity contribution is 9.10. The summed E-state index contributed by atoms with van der Waals surface area (Å²) in [6, 6.07) is 9.71. The summed E-state index contributed by atoms with van der Waals surface area (Å²) in [6.45, 7) is 0. The van der Waals surface area contributed by atoms with E-state index in [9.17, 15) is 0 Å². The van der Waals surface area contributed by atoms with Crippen LogP contribution in [0.2, 0.25) is 0 Å². The molecule has 4 aromatic rings. The lowest BCUT2D eigenvalue weighted by Crippen LogP contribution is -2.02. The number of aromatic nitrogens is 6. The maximum Gasteiger partial charge on any atom is 0.205 e. The Morgan fingerprint density at radius 1 is 1.05 bits per heavy atom. The summed E-state index contributed by atoms with van der Waals surface area (Å²) >= 11 is 4.96. The van der Waals surface area contributed by atoms with E-state index in [2.05, 4.69) is 41.3 Å². The summed E-state index contributed by atoms with van der Waals surface area (Å²) in [7, 11) is 0. The van der Waals surface area contributed by atoms with E-state index in [4.69, 9.17) is 0 Å². The van der Waals surface area contributed by atoms with Crippen LogP contribution in [0.3, 0.4) is 0 Å².